The first-order chi connectivity index (χ1) is 14.7. The van der Waals surface area contributed by atoms with Crippen molar-refractivity contribution >= 4 is 11.9 Å². The van der Waals surface area contributed by atoms with Gasteiger partial charge in [0.1, 0.15) is 0 Å². The van der Waals surface area contributed by atoms with Gasteiger partial charge in [-0.3, -0.25) is 14.7 Å². The molecule has 2 saturated heterocycles. The molecule has 0 radical (unpaired) electrons. The summed E-state index contributed by atoms with van der Waals surface area (Å²) in [5, 5.41) is 6.27. The molecule has 4 rings (SSSR count). The van der Waals surface area contributed by atoms with Gasteiger partial charge in [-0.15, -0.1) is 0 Å². The van der Waals surface area contributed by atoms with Gasteiger partial charge in [0.25, 0.3) is 0 Å². The molecule has 7 heteroatoms. The molecule has 2 aliphatic heterocycles. The molecule has 30 heavy (non-hydrogen) atoms. The van der Waals surface area contributed by atoms with E-state index in [1.54, 1.807) is 6.20 Å². The second-order valence-electron chi connectivity index (χ2n) is 9.02. The molecule has 7 nitrogen and oxygen atoms in total. The fourth-order valence-corrected chi connectivity index (χ4v) is 5.15. The number of rotatable bonds is 5. The highest BCUT2D eigenvalue weighted by Crippen LogP contribution is 2.25. The van der Waals surface area contributed by atoms with Gasteiger partial charge in [0, 0.05) is 37.9 Å². The van der Waals surface area contributed by atoms with Crippen LogP contribution in [0, 0.1) is 5.92 Å². The van der Waals surface area contributed by atoms with E-state index in [0.717, 1.165) is 70.4 Å². The average Bonchev–Trinajstić information content (AvgIpc) is 3.31. The normalized spacial score (nSPS) is 24.0. The molecule has 3 fully saturated rings. The molecule has 3 aliphatic rings. The van der Waals surface area contributed by atoms with Crippen molar-refractivity contribution in [3.63, 3.8) is 0 Å². The Morgan fingerprint density at radius 3 is 2.53 bits per heavy atom. The van der Waals surface area contributed by atoms with E-state index in [1.807, 2.05) is 23.1 Å². The van der Waals surface area contributed by atoms with Crippen LogP contribution in [0.25, 0.3) is 0 Å². The number of hydrogen-bond acceptors (Lipinski definition) is 4. The van der Waals surface area contributed by atoms with Crippen LogP contribution in [0.3, 0.4) is 0 Å². The first-order valence-electron chi connectivity index (χ1n) is 11.7. The summed E-state index contributed by atoms with van der Waals surface area (Å²) in [7, 11) is 0. The number of nitrogens with zero attached hydrogens (tertiary/aromatic N) is 3. The van der Waals surface area contributed by atoms with Gasteiger partial charge in [-0.2, -0.15) is 0 Å². The van der Waals surface area contributed by atoms with Crippen LogP contribution in [0.15, 0.2) is 24.4 Å². The van der Waals surface area contributed by atoms with Gasteiger partial charge in [-0.05, 0) is 57.2 Å². The number of aromatic nitrogens is 1. The minimum atomic E-state index is 0.0474. The fraction of sp³-hybridized carbons (Fsp3) is 0.696. The molecule has 1 atom stereocenters. The van der Waals surface area contributed by atoms with Crippen LogP contribution in [-0.4, -0.2) is 65.0 Å². The Bertz CT molecular complexity index is 699. The van der Waals surface area contributed by atoms with Crippen molar-refractivity contribution in [3.8, 4) is 0 Å². The van der Waals surface area contributed by atoms with Crippen LogP contribution in [0.1, 0.15) is 57.1 Å². The van der Waals surface area contributed by atoms with Crippen molar-refractivity contribution in [2.45, 2.75) is 70.0 Å². The number of carbonyl (C=O) groups is 2. The van der Waals surface area contributed by atoms with Gasteiger partial charge in [-0.1, -0.05) is 18.9 Å². The lowest BCUT2D eigenvalue weighted by Crippen LogP contribution is -2.53. The lowest BCUT2D eigenvalue weighted by molar-refractivity contribution is -0.127. The first-order valence-corrected chi connectivity index (χ1v) is 11.7. The van der Waals surface area contributed by atoms with E-state index in [0.29, 0.717) is 18.6 Å². The molecule has 1 aliphatic carbocycles. The molecule has 1 aromatic heterocycles. The zero-order valence-corrected chi connectivity index (χ0v) is 17.9. The lowest BCUT2D eigenvalue weighted by atomic mass is 9.93. The maximum absolute atomic E-state index is 12.7. The van der Waals surface area contributed by atoms with Crippen molar-refractivity contribution in [1.82, 2.24) is 25.4 Å². The monoisotopic (exact) mass is 413 g/mol. The minimum absolute atomic E-state index is 0.0474. The summed E-state index contributed by atoms with van der Waals surface area (Å²) >= 11 is 0. The van der Waals surface area contributed by atoms with Gasteiger partial charge in [0.2, 0.25) is 5.91 Å². The van der Waals surface area contributed by atoms with Gasteiger partial charge in [-0.25, -0.2) is 4.79 Å². The Hall–Kier alpha value is -2.15. The molecule has 2 N–H and O–H groups in total. The third-order valence-corrected chi connectivity index (χ3v) is 6.94. The molecule has 3 amide bonds. The van der Waals surface area contributed by atoms with E-state index in [1.165, 1.54) is 12.8 Å². The Balaban J connectivity index is 1.21. The zero-order valence-electron chi connectivity index (χ0n) is 17.9. The number of hydrogen-bond donors (Lipinski definition) is 2. The Labute approximate surface area is 179 Å². The van der Waals surface area contributed by atoms with Crippen LogP contribution in [-0.2, 0) is 11.3 Å². The van der Waals surface area contributed by atoms with E-state index in [2.05, 4.69) is 20.5 Å². The quantitative estimate of drug-likeness (QED) is 0.778. The number of pyridine rings is 1. The van der Waals surface area contributed by atoms with Gasteiger partial charge in [0.15, 0.2) is 0 Å². The standard InChI is InChI=1S/C23H35N5O2/c29-22(25-16-20-9-3-4-12-24-20)18-6-5-13-28(17-18)21-10-14-27(15-11-21)23(30)26-19-7-1-2-8-19/h3-4,9,12,18-19,21H,1-2,5-8,10-11,13-17H2,(H,25,29)(H,26,30)/t18-/m1/s1. The summed E-state index contributed by atoms with van der Waals surface area (Å²) in [6, 6.07) is 6.73. The summed E-state index contributed by atoms with van der Waals surface area (Å²) < 4.78 is 0. The van der Waals surface area contributed by atoms with Gasteiger partial charge < -0.3 is 15.5 Å². The molecule has 0 spiro atoms. The molecule has 0 aromatic carbocycles. The topological polar surface area (TPSA) is 77.6 Å². The van der Waals surface area contributed by atoms with Crippen molar-refractivity contribution in [3.05, 3.63) is 30.1 Å². The second-order valence-corrected chi connectivity index (χ2v) is 9.02. The Morgan fingerprint density at radius 2 is 1.80 bits per heavy atom. The average molecular weight is 414 g/mol. The second kappa shape index (κ2) is 10.2. The van der Waals surface area contributed by atoms with Crippen LogP contribution >= 0.6 is 0 Å². The third kappa shape index (κ3) is 5.50. The number of amides is 3. The van der Waals surface area contributed by atoms with Gasteiger partial charge >= 0.3 is 6.03 Å². The summed E-state index contributed by atoms with van der Waals surface area (Å²) in [6.07, 6.45) is 10.5. The highest BCUT2D eigenvalue weighted by atomic mass is 16.2. The number of nitrogens with one attached hydrogen (secondary N) is 2. The molecule has 1 saturated carbocycles. The van der Waals surface area contributed by atoms with E-state index in [-0.39, 0.29) is 17.9 Å². The molecule has 0 bridgehead atoms. The minimum Gasteiger partial charge on any atom is -0.350 e. The van der Waals surface area contributed by atoms with Crippen molar-refractivity contribution in [1.29, 1.82) is 0 Å². The smallest absolute Gasteiger partial charge is 0.317 e. The predicted molar refractivity (Wildman–Crippen MR) is 116 cm³/mol. The molecular weight excluding hydrogens is 378 g/mol. The highest BCUT2D eigenvalue weighted by molar-refractivity contribution is 5.79. The van der Waals surface area contributed by atoms with Crippen molar-refractivity contribution in [2.75, 3.05) is 26.2 Å². The number of urea groups is 1. The van der Waals surface area contributed by atoms with Crippen LogP contribution in [0.4, 0.5) is 4.79 Å². The van der Waals surface area contributed by atoms with Crippen molar-refractivity contribution in [2.24, 2.45) is 5.92 Å². The molecule has 0 unspecified atom stereocenters. The first kappa shape index (κ1) is 21.1. The molecule has 3 heterocycles. The zero-order chi connectivity index (χ0) is 20.8. The maximum Gasteiger partial charge on any atom is 0.317 e. The van der Waals surface area contributed by atoms with E-state index in [4.69, 9.17) is 0 Å². The SMILES string of the molecule is O=C(NCc1ccccn1)[C@@H]1CCCN(C2CCN(C(=O)NC3CCCC3)CC2)C1. The Morgan fingerprint density at radius 1 is 1.00 bits per heavy atom. The lowest BCUT2D eigenvalue weighted by Gasteiger charge is -2.42. The van der Waals surface area contributed by atoms with E-state index < -0.39 is 0 Å². The largest absolute Gasteiger partial charge is 0.350 e. The van der Waals surface area contributed by atoms with Gasteiger partial charge in [0.05, 0.1) is 18.2 Å². The van der Waals surface area contributed by atoms with E-state index in [9.17, 15) is 9.59 Å². The summed E-state index contributed by atoms with van der Waals surface area (Å²) in [4.78, 5) is 33.9. The van der Waals surface area contributed by atoms with Crippen LogP contribution in [0.5, 0.6) is 0 Å². The number of likely N-dealkylation sites (tertiary alicyclic amines) is 2. The third-order valence-electron chi connectivity index (χ3n) is 6.94. The summed E-state index contributed by atoms with van der Waals surface area (Å²) in [5.41, 5.74) is 0.891. The summed E-state index contributed by atoms with van der Waals surface area (Å²) in [6.45, 7) is 4.01. The maximum atomic E-state index is 12.7. The predicted octanol–water partition coefficient (Wildman–Crippen LogP) is 2.53. The van der Waals surface area contributed by atoms with Crippen molar-refractivity contribution < 1.29 is 9.59 Å². The van der Waals surface area contributed by atoms with E-state index >= 15 is 0 Å². The molecule has 164 valence electrons. The highest BCUT2D eigenvalue weighted by Gasteiger charge is 2.33. The Kier molecular flexibility index (Phi) is 7.20. The summed E-state index contributed by atoms with van der Waals surface area (Å²) in [5.74, 6) is 0.185. The van der Waals surface area contributed by atoms with Crippen LogP contribution < -0.4 is 10.6 Å². The molecular formula is C23H35N5O2. The molecule has 1 aromatic rings. The van der Waals surface area contributed by atoms with Crippen LogP contribution in [0.2, 0.25) is 0 Å². The number of carbonyl (C=O) groups excluding carboxylic acids is 2. The number of piperidine rings is 2. The fourth-order valence-electron chi connectivity index (χ4n) is 5.15.